The molecule has 1 atom stereocenters. The van der Waals surface area contributed by atoms with E-state index in [0.29, 0.717) is 0 Å². The second kappa shape index (κ2) is 6.92. The van der Waals surface area contributed by atoms with Gasteiger partial charge < -0.3 is 10.2 Å². The Hall–Kier alpha value is -2.54. The minimum atomic E-state index is -0.490. The Labute approximate surface area is 145 Å². The van der Waals surface area contributed by atoms with Crippen LogP contribution < -0.4 is 5.32 Å². The summed E-state index contributed by atoms with van der Waals surface area (Å²) in [5.74, 6) is 0. The van der Waals surface area contributed by atoms with Crippen LogP contribution in [0.5, 0.6) is 0 Å². The van der Waals surface area contributed by atoms with Gasteiger partial charge in [0.15, 0.2) is 0 Å². The first-order chi connectivity index (χ1) is 11.5. The van der Waals surface area contributed by atoms with E-state index in [9.17, 15) is 0 Å². The van der Waals surface area contributed by atoms with Gasteiger partial charge in [-0.15, -0.1) is 11.3 Å². The molecule has 7 heteroatoms. The van der Waals surface area contributed by atoms with Crippen molar-refractivity contribution >= 4 is 22.8 Å². The van der Waals surface area contributed by atoms with Crippen LogP contribution in [0, 0.1) is 6.92 Å². The normalized spacial score (nSPS) is 17.8. The van der Waals surface area contributed by atoms with Crippen molar-refractivity contribution in [1.82, 2.24) is 15.3 Å². The van der Waals surface area contributed by atoms with Crippen molar-refractivity contribution in [2.75, 3.05) is 0 Å². The number of nitrogens with zero attached hydrogens (tertiary/aromatic N) is 4. The van der Waals surface area contributed by atoms with Crippen LogP contribution in [-0.2, 0) is 4.84 Å². The standard InChI is InChI=1S/C17H19N5OS/c1-10-8-11(2)20-17(19-10)23-22-13(4)15-12(3)21-16(24-15)14-6-5-7-18-9-14/h5-9,17,19H,1-4H3/b22-13+. The Kier molecular flexibility index (Phi) is 4.71. The number of pyridine rings is 1. The summed E-state index contributed by atoms with van der Waals surface area (Å²) in [7, 11) is 0. The first kappa shape index (κ1) is 16.3. The number of rotatable bonds is 4. The number of aryl methyl sites for hydroxylation is 1. The lowest BCUT2D eigenvalue weighted by molar-refractivity contribution is 0.0474. The van der Waals surface area contributed by atoms with E-state index in [1.165, 1.54) is 0 Å². The summed E-state index contributed by atoms with van der Waals surface area (Å²) in [5.41, 5.74) is 4.63. The molecule has 0 bridgehead atoms. The summed E-state index contributed by atoms with van der Waals surface area (Å²) < 4.78 is 0. The van der Waals surface area contributed by atoms with Gasteiger partial charge in [-0.05, 0) is 45.9 Å². The predicted molar refractivity (Wildman–Crippen MR) is 97.2 cm³/mol. The van der Waals surface area contributed by atoms with Gasteiger partial charge in [0.05, 0.1) is 16.3 Å². The SMILES string of the molecule is CC1=CC(C)=NC(O/N=C(\C)c2sc(-c3cccnc3)nc2C)N1. The quantitative estimate of drug-likeness (QED) is 0.682. The highest BCUT2D eigenvalue weighted by Crippen LogP contribution is 2.27. The average molecular weight is 341 g/mol. The number of nitrogens with one attached hydrogen (secondary N) is 1. The number of allylic oxidation sites excluding steroid dienone is 2. The van der Waals surface area contributed by atoms with E-state index in [-0.39, 0.29) is 0 Å². The molecule has 0 radical (unpaired) electrons. The van der Waals surface area contributed by atoms with Crippen molar-refractivity contribution in [3.05, 3.63) is 46.9 Å². The fourth-order valence-corrected chi connectivity index (χ4v) is 3.36. The molecule has 0 spiro atoms. The Morgan fingerprint density at radius 3 is 2.88 bits per heavy atom. The highest BCUT2D eigenvalue weighted by Gasteiger charge is 2.15. The van der Waals surface area contributed by atoms with Crippen LogP contribution in [0.4, 0.5) is 0 Å². The first-order valence-electron chi connectivity index (χ1n) is 7.61. The number of hydrogen-bond acceptors (Lipinski definition) is 7. The molecule has 0 saturated carbocycles. The molecule has 2 aromatic heterocycles. The van der Waals surface area contributed by atoms with Crippen LogP contribution in [0.3, 0.4) is 0 Å². The van der Waals surface area contributed by atoms with Gasteiger partial charge in [-0.2, -0.15) is 0 Å². The van der Waals surface area contributed by atoms with Crippen LogP contribution in [0.15, 0.2) is 46.4 Å². The zero-order chi connectivity index (χ0) is 17.1. The maximum atomic E-state index is 5.52. The molecule has 2 aromatic rings. The summed E-state index contributed by atoms with van der Waals surface area (Å²) in [6.45, 7) is 7.79. The third kappa shape index (κ3) is 3.68. The smallest absolute Gasteiger partial charge is 0.292 e. The summed E-state index contributed by atoms with van der Waals surface area (Å²) in [5, 5.41) is 8.28. The van der Waals surface area contributed by atoms with Crippen LogP contribution in [0.2, 0.25) is 0 Å². The lowest BCUT2D eigenvalue weighted by Crippen LogP contribution is -2.31. The van der Waals surface area contributed by atoms with Crippen molar-refractivity contribution < 1.29 is 4.84 Å². The zero-order valence-corrected chi connectivity index (χ0v) is 14.9. The molecule has 0 aromatic carbocycles. The highest BCUT2D eigenvalue weighted by molar-refractivity contribution is 7.17. The van der Waals surface area contributed by atoms with Crippen molar-refractivity contribution in [2.24, 2.45) is 10.1 Å². The molecule has 1 N–H and O–H groups in total. The van der Waals surface area contributed by atoms with Gasteiger partial charge >= 0.3 is 0 Å². The molecule has 0 saturated heterocycles. The van der Waals surface area contributed by atoms with Crippen molar-refractivity contribution in [2.45, 2.75) is 34.0 Å². The van der Waals surface area contributed by atoms with E-state index in [4.69, 9.17) is 4.84 Å². The molecule has 0 amide bonds. The number of aromatic nitrogens is 2. The van der Waals surface area contributed by atoms with E-state index in [2.05, 4.69) is 25.4 Å². The third-order valence-corrected chi connectivity index (χ3v) is 4.74. The Morgan fingerprint density at radius 2 is 2.17 bits per heavy atom. The van der Waals surface area contributed by atoms with Gasteiger partial charge in [0.2, 0.25) is 0 Å². The van der Waals surface area contributed by atoms with Gasteiger partial charge in [-0.1, -0.05) is 5.16 Å². The Bertz CT molecular complexity index is 823. The molecular weight excluding hydrogens is 322 g/mol. The van der Waals surface area contributed by atoms with Crippen molar-refractivity contribution in [3.63, 3.8) is 0 Å². The largest absolute Gasteiger partial charge is 0.346 e. The van der Waals surface area contributed by atoms with Gasteiger partial charge in [0, 0.05) is 29.4 Å². The lowest BCUT2D eigenvalue weighted by Gasteiger charge is -2.18. The molecule has 124 valence electrons. The minimum Gasteiger partial charge on any atom is -0.346 e. The fourth-order valence-electron chi connectivity index (χ4n) is 2.37. The maximum absolute atomic E-state index is 5.52. The Morgan fingerprint density at radius 1 is 1.33 bits per heavy atom. The van der Waals surface area contributed by atoms with E-state index in [1.807, 2.05) is 52.1 Å². The maximum Gasteiger partial charge on any atom is 0.292 e. The molecule has 3 heterocycles. The predicted octanol–water partition coefficient (Wildman–Crippen LogP) is 3.51. The third-order valence-electron chi connectivity index (χ3n) is 3.42. The van der Waals surface area contributed by atoms with Crippen molar-refractivity contribution in [3.8, 4) is 10.6 Å². The molecule has 0 fully saturated rings. The number of aliphatic imine (C=N–C) groups is 1. The summed E-state index contributed by atoms with van der Waals surface area (Å²) >= 11 is 1.58. The first-order valence-corrected chi connectivity index (χ1v) is 8.42. The van der Waals surface area contributed by atoms with Gasteiger partial charge in [0.1, 0.15) is 5.01 Å². The molecule has 1 aliphatic rings. The van der Waals surface area contributed by atoms with E-state index in [1.54, 1.807) is 17.5 Å². The van der Waals surface area contributed by atoms with Gasteiger partial charge in [0.25, 0.3) is 6.35 Å². The average Bonchev–Trinajstić information content (AvgIpc) is 2.94. The zero-order valence-electron chi connectivity index (χ0n) is 14.1. The number of thiazole rings is 1. The molecule has 0 aliphatic carbocycles. The number of hydrogen-bond donors (Lipinski definition) is 1. The molecule has 1 unspecified atom stereocenters. The molecule has 6 nitrogen and oxygen atoms in total. The van der Waals surface area contributed by atoms with E-state index >= 15 is 0 Å². The van der Waals surface area contributed by atoms with Crippen molar-refractivity contribution in [1.29, 1.82) is 0 Å². The summed E-state index contributed by atoms with van der Waals surface area (Å²) in [4.78, 5) is 19.6. The van der Waals surface area contributed by atoms with Gasteiger partial charge in [-0.3, -0.25) is 4.98 Å². The Balaban J connectivity index is 1.77. The second-order valence-electron chi connectivity index (χ2n) is 5.55. The minimum absolute atomic E-state index is 0.490. The molecule has 1 aliphatic heterocycles. The second-order valence-corrected chi connectivity index (χ2v) is 6.55. The van der Waals surface area contributed by atoms with Gasteiger partial charge in [-0.25, -0.2) is 9.98 Å². The van der Waals surface area contributed by atoms with Crippen LogP contribution in [0.25, 0.3) is 10.6 Å². The van der Waals surface area contributed by atoms with E-state index < -0.39 is 6.35 Å². The monoisotopic (exact) mass is 341 g/mol. The molecule has 3 rings (SSSR count). The molecule has 24 heavy (non-hydrogen) atoms. The van der Waals surface area contributed by atoms with Crippen LogP contribution >= 0.6 is 11.3 Å². The molecular formula is C17H19N5OS. The van der Waals surface area contributed by atoms with Crippen LogP contribution in [0.1, 0.15) is 31.3 Å². The number of oxime groups is 1. The summed E-state index contributed by atoms with van der Waals surface area (Å²) in [6, 6.07) is 3.90. The fraction of sp³-hybridized carbons (Fsp3) is 0.294. The summed E-state index contributed by atoms with van der Waals surface area (Å²) in [6.07, 6.45) is 5.03. The van der Waals surface area contributed by atoms with E-state index in [0.717, 1.165) is 38.3 Å². The highest BCUT2D eigenvalue weighted by atomic mass is 32.1. The lowest BCUT2D eigenvalue weighted by atomic mass is 10.3. The van der Waals surface area contributed by atoms with Crippen LogP contribution in [-0.4, -0.2) is 27.7 Å². The topological polar surface area (TPSA) is 71.8 Å².